The summed E-state index contributed by atoms with van der Waals surface area (Å²) in [6.45, 7) is 5.05. The average Bonchev–Trinajstić information content (AvgIpc) is 2.74. The van der Waals surface area contributed by atoms with E-state index in [2.05, 4.69) is 34.4 Å². The number of carbonyl (C=O) groups excluding carboxylic acids is 1. The van der Waals surface area contributed by atoms with Crippen molar-refractivity contribution in [1.29, 1.82) is 0 Å². The number of rotatable bonds is 2. The van der Waals surface area contributed by atoms with Crippen molar-refractivity contribution >= 4 is 5.91 Å². The molecular formula is C12H18N4O. The van der Waals surface area contributed by atoms with E-state index in [1.165, 1.54) is 0 Å². The van der Waals surface area contributed by atoms with Gasteiger partial charge in [0.15, 0.2) is 0 Å². The standard InChI is InChI=1S/C12H18N4O/c1-12(2)4-10(12)16-11(17)8-3-7-9(5-13-8)15-6-14-7/h6,8,10,13H,3-5H2,1-2H3,(H,14,15)(H,16,17). The number of carbonyl (C=O) groups is 1. The maximum atomic E-state index is 12.1. The van der Waals surface area contributed by atoms with E-state index in [1.54, 1.807) is 6.33 Å². The molecule has 1 aromatic rings. The lowest BCUT2D eigenvalue weighted by Gasteiger charge is -2.22. The van der Waals surface area contributed by atoms with Crippen molar-refractivity contribution in [2.45, 2.75) is 45.3 Å². The van der Waals surface area contributed by atoms with Crippen LogP contribution < -0.4 is 10.6 Å². The molecule has 3 N–H and O–H groups in total. The maximum absolute atomic E-state index is 12.1. The largest absolute Gasteiger partial charge is 0.351 e. The van der Waals surface area contributed by atoms with E-state index in [0.717, 1.165) is 17.8 Å². The molecule has 1 fully saturated rings. The van der Waals surface area contributed by atoms with Gasteiger partial charge in [0.05, 0.1) is 23.8 Å². The van der Waals surface area contributed by atoms with Crippen molar-refractivity contribution in [3.05, 3.63) is 17.7 Å². The molecule has 2 unspecified atom stereocenters. The zero-order valence-electron chi connectivity index (χ0n) is 10.2. The molecule has 92 valence electrons. The third-order valence-electron chi connectivity index (χ3n) is 3.88. The first kappa shape index (κ1) is 10.8. The Hall–Kier alpha value is -1.36. The molecule has 2 heterocycles. The highest BCUT2D eigenvalue weighted by atomic mass is 16.2. The molecule has 5 nitrogen and oxygen atoms in total. The first-order valence-electron chi connectivity index (χ1n) is 6.11. The molecule has 3 rings (SSSR count). The number of nitrogens with one attached hydrogen (secondary N) is 3. The number of fused-ring (bicyclic) bond motifs is 1. The second-order valence-corrected chi connectivity index (χ2v) is 5.72. The fraction of sp³-hybridized carbons (Fsp3) is 0.667. The van der Waals surface area contributed by atoms with Crippen LogP contribution in [0.5, 0.6) is 0 Å². The van der Waals surface area contributed by atoms with Crippen LogP contribution in [-0.2, 0) is 17.8 Å². The van der Waals surface area contributed by atoms with E-state index < -0.39 is 0 Å². The topological polar surface area (TPSA) is 69.8 Å². The molecule has 0 aromatic carbocycles. The molecule has 17 heavy (non-hydrogen) atoms. The van der Waals surface area contributed by atoms with E-state index in [1.807, 2.05) is 0 Å². The molecule has 1 amide bonds. The number of hydrogen-bond acceptors (Lipinski definition) is 3. The van der Waals surface area contributed by atoms with Crippen LogP contribution in [0.15, 0.2) is 6.33 Å². The SMILES string of the molecule is CC1(C)CC1NC(=O)C1Cc2nc[nH]c2CN1. The van der Waals surface area contributed by atoms with Crippen molar-refractivity contribution in [3.8, 4) is 0 Å². The molecule has 1 aliphatic carbocycles. The van der Waals surface area contributed by atoms with Crippen molar-refractivity contribution in [2.75, 3.05) is 0 Å². The van der Waals surface area contributed by atoms with E-state index in [4.69, 9.17) is 0 Å². The van der Waals surface area contributed by atoms with Gasteiger partial charge in [0.25, 0.3) is 0 Å². The van der Waals surface area contributed by atoms with E-state index in [9.17, 15) is 4.79 Å². The van der Waals surface area contributed by atoms with Gasteiger partial charge in [-0.25, -0.2) is 4.98 Å². The number of hydrogen-bond donors (Lipinski definition) is 3. The minimum Gasteiger partial charge on any atom is -0.351 e. The van der Waals surface area contributed by atoms with Gasteiger partial charge in [0.1, 0.15) is 0 Å². The quantitative estimate of drug-likeness (QED) is 0.691. The van der Waals surface area contributed by atoms with Crippen molar-refractivity contribution in [1.82, 2.24) is 20.6 Å². The molecule has 1 aliphatic heterocycles. The predicted molar refractivity (Wildman–Crippen MR) is 63.2 cm³/mol. The highest BCUT2D eigenvalue weighted by molar-refractivity contribution is 5.83. The van der Waals surface area contributed by atoms with Crippen molar-refractivity contribution in [2.24, 2.45) is 5.41 Å². The predicted octanol–water partition coefficient (Wildman–Crippen LogP) is 0.339. The fourth-order valence-electron chi connectivity index (χ4n) is 2.34. The Bertz CT molecular complexity index is 451. The minimum absolute atomic E-state index is 0.106. The number of nitrogens with zero attached hydrogens (tertiary/aromatic N) is 1. The fourth-order valence-corrected chi connectivity index (χ4v) is 2.34. The van der Waals surface area contributed by atoms with Gasteiger partial charge in [-0.05, 0) is 11.8 Å². The molecule has 2 aliphatic rings. The van der Waals surface area contributed by atoms with Crippen LogP contribution in [0.2, 0.25) is 0 Å². The van der Waals surface area contributed by atoms with Gasteiger partial charge in [-0.3, -0.25) is 10.1 Å². The Morgan fingerprint density at radius 2 is 2.35 bits per heavy atom. The maximum Gasteiger partial charge on any atom is 0.237 e. The molecular weight excluding hydrogens is 216 g/mol. The molecule has 0 radical (unpaired) electrons. The molecule has 0 spiro atoms. The lowest BCUT2D eigenvalue weighted by Crippen LogP contribution is -2.48. The third kappa shape index (κ3) is 1.95. The molecule has 1 saturated carbocycles. The van der Waals surface area contributed by atoms with Gasteiger partial charge in [0, 0.05) is 19.0 Å². The van der Waals surface area contributed by atoms with Gasteiger partial charge < -0.3 is 10.3 Å². The average molecular weight is 234 g/mol. The van der Waals surface area contributed by atoms with Crippen LogP contribution in [0.25, 0.3) is 0 Å². The van der Waals surface area contributed by atoms with Gasteiger partial charge >= 0.3 is 0 Å². The smallest absolute Gasteiger partial charge is 0.237 e. The van der Waals surface area contributed by atoms with Crippen LogP contribution in [0.3, 0.4) is 0 Å². The number of aromatic amines is 1. The molecule has 5 heteroatoms. The van der Waals surface area contributed by atoms with E-state index in [0.29, 0.717) is 19.0 Å². The number of amides is 1. The molecule has 2 atom stereocenters. The molecule has 1 aromatic heterocycles. The van der Waals surface area contributed by atoms with Crippen LogP contribution >= 0.6 is 0 Å². The van der Waals surface area contributed by atoms with Gasteiger partial charge in [0.2, 0.25) is 5.91 Å². The Morgan fingerprint density at radius 3 is 3.06 bits per heavy atom. The lowest BCUT2D eigenvalue weighted by molar-refractivity contribution is -0.123. The summed E-state index contributed by atoms with van der Waals surface area (Å²) in [5.74, 6) is 0.106. The number of aromatic nitrogens is 2. The molecule has 0 saturated heterocycles. The minimum atomic E-state index is -0.137. The summed E-state index contributed by atoms with van der Waals surface area (Å²) in [5, 5.41) is 6.34. The third-order valence-corrected chi connectivity index (χ3v) is 3.88. The second-order valence-electron chi connectivity index (χ2n) is 5.72. The zero-order valence-corrected chi connectivity index (χ0v) is 10.2. The van der Waals surface area contributed by atoms with Crippen LogP contribution in [-0.4, -0.2) is 28.0 Å². The first-order valence-corrected chi connectivity index (χ1v) is 6.11. The summed E-state index contributed by atoms with van der Waals surface area (Å²) < 4.78 is 0. The molecule has 0 bridgehead atoms. The Kier molecular flexibility index (Phi) is 2.26. The number of H-pyrrole nitrogens is 1. The van der Waals surface area contributed by atoms with E-state index in [-0.39, 0.29) is 17.4 Å². The summed E-state index contributed by atoms with van der Waals surface area (Å²) in [6, 6.07) is 0.208. The summed E-state index contributed by atoms with van der Waals surface area (Å²) in [6.07, 6.45) is 3.45. The first-order chi connectivity index (χ1) is 8.06. The van der Waals surface area contributed by atoms with Crippen molar-refractivity contribution in [3.63, 3.8) is 0 Å². The van der Waals surface area contributed by atoms with Crippen molar-refractivity contribution < 1.29 is 4.79 Å². The zero-order chi connectivity index (χ0) is 12.0. The highest BCUT2D eigenvalue weighted by Crippen LogP contribution is 2.44. The van der Waals surface area contributed by atoms with Crippen LogP contribution in [0, 0.1) is 5.41 Å². The second kappa shape index (κ2) is 3.57. The van der Waals surface area contributed by atoms with Gasteiger partial charge in [-0.15, -0.1) is 0 Å². The summed E-state index contributed by atoms with van der Waals surface area (Å²) >= 11 is 0. The monoisotopic (exact) mass is 234 g/mol. The normalized spacial score (nSPS) is 29.5. The Morgan fingerprint density at radius 1 is 1.59 bits per heavy atom. The summed E-state index contributed by atoms with van der Waals surface area (Å²) in [5.41, 5.74) is 2.39. The summed E-state index contributed by atoms with van der Waals surface area (Å²) in [7, 11) is 0. The van der Waals surface area contributed by atoms with E-state index >= 15 is 0 Å². The number of imidazole rings is 1. The Labute approximate surface area is 100 Å². The van der Waals surface area contributed by atoms with Crippen LogP contribution in [0.1, 0.15) is 31.7 Å². The van der Waals surface area contributed by atoms with Gasteiger partial charge in [-0.1, -0.05) is 13.8 Å². The summed E-state index contributed by atoms with van der Waals surface area (Å²) in [4.78, 5) is 19.4. The Balaban J connectivity index is 1.61. The van der Waals surface area contributed by atoms with Crippen LogP contribution in [0.4, 0.5) is 0 Å². The lowest BCUT2D eigenvalue weighted by atomic mass is 10.0. The van der Waals surface area contributed by atoms with Gasteiger partial charge in [-0.2, -0.15) is 0 Å². The highest BCUT2D eigenvalue weighted by Gasteiger charge is 2.47.